The molecule has 2 aromatic heterocycles. The minimum atomic E-state index is -4.38. The Morgan fingerprint density at radius 3 is 2.35 bits per heavy atom. The van der Waals surface area contributed by atoms with Crippen LogP contribution in [0, 0.1) is 0 Å². The van der Waals surface area contributed by atoms with Crippen molar-refractivity contribution in [1.82, 2.24) is 19.7 Å². The van der Waals surface area contributed by atoms with Gasteiger partial charge in [0.15, 0.2) is 0 Å². The van der Waals surface area contributed by atoms with Crippen LogP contribution >= 0.6 is 0 Å². The van der Waals surface area contributed by atoms with Crippen LogP contribution in [0.5, 0.6) is 0 Å². The third kappa shape index (κ3) is 3.80. The van der Waals surface area contributed by atoms with Crippen molar-refractivity contribution in [2.24, 2.45) is 0 Å². The Hall–Kier alpha value is -2.12. The monoisotopic (exact) mass is 328 g/mol. The highest BCUT2D eigenvalue weighted by Gasteiger charge is 2.29. The van der Waals surface area contributed by atoms with Crippen LogP contribution < -0.4 is 0 Å². The standard InChI is InChI=1S/C15H19F3N4O/c1-9(2)22(10(3)4)14(23)12-5-13-11(6-19-12)7-20-21(13)8-15(16,17)18/h5-7,9-10H,8H2,1-4H3. The van der Waals surface area contributed by atoms with Gasteiger partial charge in [0.1, 0.15) is 12.2 Å². The molecular weight excluding hydrogens is 309 g/mol. The van der Waals surface area contributed by atoms with E-state index >= 15 is 0 Å². The molecule has 0 aromatic carbocycles. The molecule has 23 heavy (non-hydrogen) atoms. The summed E-state index contributed by atoms with van der Waals surface area (Å²) in [5.41, 5.74) is 0.358. The Morgan fingerprint density at radius 2 is 1.83 bits per heavy atom. The summed E-state index contributed by atoms with van der Waals surface area (Å²) in [6.45, 7) is 6.32. The Balaban J connectivity index is 2.42. The number of amides is 1. The van der Waals surface area contributed by atoms with Gasteiger partial charge in [-0.3, -0.25) is 14.5 Å². The van der Waals surface area contributed by atoms with E-state index in [1.165, 1.54) is 18.5 Å². The number of hydrogen-bond acceptors (Lipinski definition) is 3. The van der Waals surface area contributed by atoms with Crippen molar-refractivity contribution < 1.29 is 18.0 Å². The lowest BCUT2D eigenvalue weighted by Gasteiger charge is -2.30. The summed E-state index contributed by atoms with van der Waals surface area (Å²) in [5, 5.41) is 4.19. The quantitative estimate of drug-likeness (QED) is 0.866. The number of hydrogen-bond donors (Lipinski definition) is 0. The van der Waals surface area contributed by atoms with E-state index in [1.54, 1.807) is 4.90 Å². The molecule has 0 saturated heterocycles. The molecule has 0 aliphatic rings. The Kier molecular flexibility index (Phi) is 4.63. The average molecular weight is 328 g/mol. The molecule has 2 aromatic rings. The maximum atomic E-state index is 12.6. The van der Waals surface area contributed by atoms with E-state index in [4.69, 9.17) is 0 Å². The van der Waals surface area contributed by atoms with Crippen LogP contribution in [-0.4, -0.2) is 43.8 Å². The minimum absolute atomic E-state index is 0.0416. The predicted molar refractivity (Wildman–Crippen MR) is 80.0 cm³/mol. The number of aromatic nitrogens is 3. The molecule has 0 radical (unpaired) electrons. The van der Waals surface area contributed by atoms with Gasteiger partial charge in [-0.05, 0) is 33.8 Å². The summed E-state index contributed by atoms with van der Waals surface area (Å²) in [6, 6.07) is 1.29. The largest absolute Gasteiger partial charge is 0.408 e. The van der Waals surface area contributed by atoms with E-state index in [0.717, 1.165) is 4.68 Å². The van der Waals surface area contributed by atoms with E-state index in [2.05, 4.69) is 10.1 Å². The zero-order valence-electron chi connectivity index (χ0n) is 13.4. The number of fused-ring (bicyclic) bond motifs is 1. The predicted octanol–water partition coefficient (Wildman–Crippen LogP) is 3.25. The number of halogens is 3. The summed E-state index contributed by atoms with van der Waals surface area (Å²) in [6.07, 6.45) is -1.69. The number of alkyl halides is 3. The number of pyridine rings is 1. The highest BCUT2D eigenvalue weighted by atomic mass is 19.4. The van der Waals surface area contributed by atoms with Gasteiger partial charge < -0.3 is 4.90 Å². The Labute approximate surface area is 132 Å². The molecule has 0 bridgehead atoms. The second-order valence-electron chi connectivity index (χ2n) is 5.95. The molecule has 0 N–H and O–H groups in total. The lowest BCUT2D eigenvalue weighted by Crippen LogP contribution is -2.42. The minimum Gasteiger partial charge on any atom is -0.332 e. The maximum absolute atomic E-state index is 12.6. The molecule has 126 valence electrons. The number of nitrogens with zero attached hydrogens (tertiary/aromatic N) is 4. The molecule has 2 heterocycles. The topological polar surface area (TPSA) is 51.0 Å². The van der Waals surface area contributed by atoms with Crippen LogP contribution in [0.4, 0.5) is 13.2 Å². The van der Waals surface area contributed by atoms with Gasteiger partial charge in [0.25, 0.3) is 5.91 Å². The van der Waals surface area contributed by atoms with Gasteiger partial charge in [-0.1, -0.05) is 0 Å². The van der Waals surface area contributed by atoms with Crippen molar-refractivity contribution in [2.75, 3.05) is 0 Å². The van der Waals surface area contributed by atoms with Crippen molar-refractivity contribution in [2.45, 2.75) is 52.5 Å². The van der Waals surface area contributed by atoms with Gasteiger partial charge in [0.2, 0.25) is 0 Å². The van der Waals surface area contributed by atoms with Crippen molar-refractivity contribution in [3.05, 3.63) is 24.2 Å². The van der Waals surface area contributed by atoms with Gasteiger partial charge >= 0.3 is 6.18 Å². The molecule has 2 rings (SSSR count). The zero-order valence-corrected chi connectivity index (χ0v) is 13.4. The van der Waals surface area contributed by atoms with E-state index in [1.807, 2.05) is 27.7 Å². The molecule has 0 aliphatic heterocycles. The SMILES string of the molecule is CC(C)N(C(=O)c1cc2c(cn1)cnn2CC(F)(F)F)C(C)C. The fraction of sp³-hybridized carbons (Fsp3) is 0.533. The van der Waals surface area contributed by atoms with Crippen LogP contribution in [0.25, 0.3) is 10.9 Å². The highest BCUT2D eigenvalue weighted by Crippen LogP contribution is 2.22. The number of carbonyl (C=O) groups is 1. The molecule has 0 saturated carbocycles. The first kappa shape index (κ1) is 17.2. The van der Waals surface area contributed by atoms with Crippen molar-refractivity contribution in [3.63, 3.8) is 0 Å². The summed E-state index contributed by atoms with van der Waals surface area (Å²) >= 11 is 0. The molecule has 0 unspecified atom stereocenters. The van der Waals surface area contributed by atoms with Crippen LogP contribution in [0.2, 0.25) is 0 Å². The van der Waals surface area contributed by atoms with E-state index < -0.39 is 12.7 Å². The summed E-state index contributed by atoms with van der Waals surface area (Å²) in [4.78, 5) is 18.3. The van der Waals surface area contributed by atoms with Gasteiger partial charge in [-0.2, -0.15) is 18.3 Å². The smallest absolute Gasteiger partial charge is 0.332 e. The first-order chi connectivity index (χ1) is 10.6. The third-order valence-corrected chi connectivity index (χ3v) is 3.42. The fourth-order valence-corrected chi connectivity index (χ4v) is 2.58. The lowest BCUT2D eigenvalue weighted by atomic mass is 10.2. The first-order valence-electron chi connectivity index (χ1n) is 7.31. The van der Waals surface area contributed by atoms with Crippen LogP contribution in [0.1, 0.15) is 38.2 Å². The lowest BCUT2D eigenvalue weighted by molar-refractivity contribution is -0.141. The molecule has 5 nitrogen and oxygen atoms in total. The van der Waals surface area contributed by atoms with Gasteiger partial charge in [-0.25, -0.2) is 0 Å². The number of carbonyl (C=O) groups excluding carboxylic acids is 1. The summed E-state index contributed by atoms with van der Waals surface area (Å²) in [7, 11) is 0. The average Bonchev–Trinajstić information content (AvgIpc) is 2.78. The van der Waals surface area contributed by atoms with Crippen molar-refractivity contribution >= 4 is 16.8 Å². The molecule has 0 fully saturated rings. The first-order valence-corrected chi connectivity index (χ1v) is 7.31. The van der Waals surface area contributed by atoms with Crippen LogP contribution in [0.15, 0.2) is 18.5 Å². The fourth-order valence-electron chi connectivity index (χ4n) is 2.58. The van der Waals surface area contributed by atoms with Crippen molar-refractivity contribution in [3.8, 4) is 0 Å². The van der Waals surface area contributed by atoms with E-state index in [-0.39, 0.29) is 29.2 Å². The number of rotatable bonds is 4. The van der Waals surface area contributed by atoms with Gasteiger partial charge in [-0.15, -0.1) is 0 Å². The summed E-state index contributed by atoms with van der Waals surface area (Å²) in [5.74, 6) is -0.309. The molecule has 8 heteroatoms. The molecule has 0 spiro atoms. The Morgan fingerprint density at radius 1 is 1.22 bits per heavy atom. The molecule has 1 amide bonds. The summed E-state index contributed by atoms with van der Waals surface area (Å²) < 4.78 is 38.6. The van der Waals surface area contributed by atoms with E-state index in [9.17, 15) is 18.0 Å². The third-order valence-electron chi connectivity index (χ3n) is 3.42. The molecule has 0 atom stereocenters. The van der Waals surface area contributed by atoms with Crippen LogP contribution in [0.3, 0.4) is 0 Å². The zero-order chi connectivity index (χ0) is 17.4. The normalized spacial score (nSPS) is 12.4. The van der Waals surface area contributed by atoms with Gasteiger partial charge in [0.05, 0.1) is 11.7 Å². The van der Waals surface area contributed by atoms with Gasteiger partial charge in [0, 0.05) is 23.7 Å². The highest BCUT2D eigenvalue weighted by molar-refractivity contribution is 5.95. The second-order valence-corrected chi connectivity index (χ2v) is 5.95. The Bertz CT molecular complexity index is 698. The molecule has 0 aliphatic carbocycles. The second kappa shape index (κ2) is 6.17. The van der Waals surface area contributed by atoms with Crippen LogP contribution in [-0.2, 0) is 6.54 Å². The van der Waals surface area contributed by atoms with E-state index in [0.29, 0.717) is 5.39 Å². The molecular formula is C15H19F3N4O. The maximum Gasteiger partial charge on any atom is 0.408 e. The van der Waals surface area contributed by atoms with Crippen molar-refractivity contribution in [1.29, 1.82) is 0 Å².